The summed E-state index contributed by atoms with van der Waals surface area (Å²) < 4.78 is 13.0. The van der Waals surface area contributed by atoms with Crippen LogP contribution in [0.4, 0.5) is 10.2 Å². The molecule has 0 bridgehead atoms. The summed E-state index contributed by atoms with van der Waals surface area (Å²) in [5.41, 5.74) is 1.87. The van der Waals surface area contributed by atoms with E-state index in [4.69, 9.17) is 4.98 Å². The second kappa shape index (κ2) is 9.31. The van der Waals surface area contributed by atoms with E-state index >= 15 is 0 Å². The van der Waals surface area contributed by atoms with E-state index in [1.165, 1.54) is 12.1 Å². The fourth-order valence-electron chi connectivity index (χ4n) is 3.44. The molecule has 1 aromatic carbocycles. The molecule has 0 spiro atoms. The molecule has 3 rings (SSSR count). The van der Waals surface area contributed by atoms with Crippen LogP contribution >= 0.6 is 0 Å². The number of hydrogen-bond acceptors (Lipinski definition) is 5. The van der Waals surface area contributed by atoms with Gasteiger partial charge in [-0.25, -0.2) is 14.4 Å². The number of nitrogens with zero attached hydrogens (tertiary/aromatic N) is 4. The van der Waals surface area contributed by atoms with Gasteiger partial charge >= 0.3 is 0 Å². The maximum Gasteiger partial charge on any atom is 0.237 e. The van der Waals surface area contributed by atoms with Gasteiger partial charge in [0.1, 0.15) is 17.5 Å². The Bertz CT molecular complexity index is 832. The number of anilines is 1. The van der Waals surface area contributed by atoms with Gasteiger partial charge in [0, 0.05) is 50.4 Å². The van der Waals surface area contributed by atoms with Crippen LogP contribution in [0.3, 0.4) is 0 Å². The van der Waals surface area contributed by atoms with E-state index < -0.39 is 0 Å². The Hall–Kier alpha value is -2.54. The van der Waals surface area contributed by atoms with Crippen LogP contribution in [0.15, 0.2) is 30.3 Å². The lowest BCUT2D eigenvalue weighted by Gasteiger charge is -2.38. The molecule has 0 unspecified atom stereocenters. The Balaban J connectivity index is 1.53. The number of aryl methyl sites for hydroxylation is 1. The van der Waals surface area contributed by atoms with Gasteiger partial charge in [-0.2, -0.15) is 0 Å². The Morgan fingerprint density at radius 1 is 1.10 bits per heavy atom. The Labute approximate surface area is 172 Å². The SMILES string of the molecule is Cc1cc(N2CCN([C@@H](C)C(=O)NCc3ccc(F)cc3)CC2)nc(C(C)C)n1. The number of nitrogens with one attached hydrogen (secondary N) is 1. The van der Waals surface area contributed by atoms with Crippen molar-refractivity contribution in [3.8, 4) is 0 Å². The molecule has 29 heavy (non-hydrogen) atoms. The quantitative estimate of drug-likeness (QED) is 0.809. The molecule has 0 radical (unpaired) electrons. The molecule has 1 fully saturated rings. The van der Waals surface area contributed by atoms with Gasteiger partial charge in [0.25, 0.3) is 0 Å². The first-order chi connectivity index (χ1) is 13.8. The average molecular weight is 400 g/mol. The average Bonchev–Trinajstić information content (AvgIpc) is 2.72. The summed E-state index contributed by atoms with van der Waals surface area (Å²) >= 11 is 0. The minimum absolute atomic E-state index is 0.0113. The number of halogens is 1. The second-order valence-corrected chi connectivity index (χ2v) is 7.92. The molecule has 1 N–H and O–H groups in total. The Morgan fingerprint density at radius 3 is 2.38 bits per heavy atom. The lowest BCUT2D eigenvalue weighted by molar-refractivity contribution is -0.126. The fourth-order valence-corrected chi connectivity index (χ4v) is 3.44. The summed E-state index contributed by atoms with van der Waals surface area (Å²) in [4.78, 5) is 26.2. The summed E-state index contributed by atoms with van der Waals surface area (Å²) in [5, 5.41) is 2.95. The molecule has 156 valence electrons. The van der Waals surface area contributed by atoms with Crippen LogP contribution in [0.25, 0.3) is 0 Å². The highest BCUT2D eigenvalue weighted by Gasteiger charge is 2.26. The number of rotatable bonds is 6. The zero-order valence-corrected chi connectivity index (χ0v) is 17.7. The van der Waals surface area contributed by atoms with E-state index in [1.54, 1.807) is 12.1 Å². The first kappa shape index (κ1) is 21.2. The van der Waals surface area contributed by atoms with Crippen molar-refractivity contribution in [2.24, 2.45) is 0 Å². The van der Waals surface area contributed by atoms with Gasteiger partial charge in [0.2, 0.25) is 5.91 Å². The van der Waals surface area contributed by atoms with Crippen molar-refractivity contribution in [1.82, 2.24) is 20.2 Å². The molecule has 1 amide bonds. The third kappa shape index (κ3) is 5.50. The molecule has 7 heteroatoms. The summed E-state index contributed by atoms with van der Waals surface area (Å²) in [6, 6.07) is 8.01. The maximum absolute atomic E-state index is 13.0. The standard InChI is InChI=1S/C22H30FN5O/c1-15(2)21-25-16(3)13-20(26-21)28-11-9-27(10-12-28)17(4)22(29)24-14-18-5-7-19(23)8-6-18/h5-8,13,15,17H,9-12,14H2,1-4H3,(H,24,29)/t17-/m0/s1. The molecule has 2 heterocycles. The van der Waals surface area contributed by atoms with Crippen LogP contribution in [0, 0.1) is 12.7 Å². The van der Waals surface area contributed by atoms with Gasteiger partial charge < -0.3 is 10.2 Å². The molecular weight excluding hydrogens is 369 g/mol. The highest BCUT2D eigenvalue weighted by Crippen LogP contribution is 2.19. The third-order valence-corrected chi connectivity index (χ3v) is 5.32. The van der Waals surface area contributed by atoms with Crippen LogP contribution in [-0.2, 0) is 11.3 Å². The third-order valence-electron chi connectivity index (χ3n) is 5.32. The summed E-state index contributed by atoms with van der Waals surface area (Å²) in [5.74, 6) is 1.85. The van der Waals surface area contributed by atoms with Gasteiger partial charge in [-0.1, -0.05) is 26.0 Å². The smallest absolute Gasteiger partial charge is 0.237 e. The minimum atomic E-state index is -0.272. The number of hydrogen-bond donors (Lipinski definition) is 1. The van der Waals surface area contributed by atoms with E-state index in [1.807, 2.05) is 19.9 Å². The van der Waals surface area contributed by atoms with Crippen molar-refractivity contribution in [2.75, 3.05) is 31.1 Å². The van der Waals surface area contributed by atoms with Gasteiger partial charge in [0.15, 0.2) is 0 Å². The topological polar surface area (TPSA) is 61.4 Å². The molecule has 1 aliphatic rings. The van der Waals surface area contributed by atoms with Gasteiger partial charge in [0.05, 0.1) is 6.04 Å². The number of aromatic nitrogens is 2. The zero-order valence-electron chi connectivity index (χ0n) is 17.7. The lowest BCUT2D eigenvalue weighted by atomic mass is 10.2. The number of amides is 1. The molecule has 1 aromatic heterocycles. The first-order valence-electron chi connectivity index (χ1n) is 10.2. The Kier molecular flexibility index (Phi) is 6.79. The number of carbonyl (C=O) groups excluding carboxylic acids is 1. The number of carbonyl (C=O) groups is 1. The van der Waals surface area contributed by atoms with Gasteiger partial charge in [-0.15, -0.1) is 0 Å². The summed E-state index contributed by atoms with van der Waals surface area (Å²) in [6.45, 7) is 11.8. The largest absolute Gasteiger partial charge is 0.354 e. The first-order valence-corrected chi connectivity index (χ1v) is 10.2. The molecular formula is C22H30FN5O. The number of benzene rings is 1. The number of piperazine rings is 1. The van der Waals surface area contributed by atoms with Crippen LogP contribution in [0.2, 0.25) is 0 Å². The second-order valence-electron chi connectivity index (χ2n) is 7.92. The highest BCUT2D eigenvalue weighted by atomic mass is 19.1. The highest BCUT2D eigenvalue weighted by molar-refractivity contribution is 5.81. The van der Waals surface area contributed by atoms with E-state index in [0.717, 1.165) is 49.1 Å². The zero-order chi connectivity index (χ0) is 21.0. The fraction of sp³-hybridized carbons (Fsp3) is 0.500. The lowest BCUT2D eigenvalue weighted by Crippen LogP contribution is -2.54. The molecule has 0 aliphatic carbocycles. The van der Waals surface area contributed by atoms with Crippen molar-refractivity contribution in [3.05, 3.63) is 53.2 Å². The van der Waals surface area contributed by atoms with Crippen LogP contribution < -0.4 is 10.2 Å². The van der Waals surface area contributed by atoms with E-state index in [2.05, 4.69) is 33.9 Å². The molecule has 1 saturated heterocycles. The minimum Gasteiger partial charge on any atom is -0.354 e. The van der Waals surface area contributed by atoms with Crippen molar-refractivity contribution in [3.63, 3.8) is 0 Å². The monoisotopic (exact) mass is 399 g/mol. The van der Waals surface area contributed by atoms with E-state index in [-0.39, 0.29) is 17.8 Å². The predicted octanol–water partition coefficient (Wildman–Crippen LogP) is 2.87. The summed E-state index contributed by atoms with van der Waals surface area (Å²) in [7, 11) is 0. The molecule has 6 nitrogen and oxygen atoms in total. The van der Waals surface area contributed by atoms with Crippen molar-refractivity contribution < 1.29 is 9.18 Å². The van der Waals surface area contributed by atoms with Crippen LogP contribution in [-0.4, -0.2) is 53.0 Å². The maximum atomic E-state index is 13.0. The molecule has 1 aliphatic heterocycles. The summed E-state index contributed by atoms with van der Waals surface area (Å²) in [6.07, 6.45) is 0. The predicted molar refractivity (Wildman–Crippen MR) is 112 cm³/mol. The normalized spacial score (nSPS) is 16.1. The molecule has 0 saturated carbocycles. The van der Waals surface area contributed by atoms with Crippen molar-refractivity contribution in [1.29, 1.82) is 0 Å². The van der Waals surface area contributed by atoms with Gasteiger partial charge in [-0.05, 0) is 31.5 Å². The van der Waals surface area contributed by atoms with E-state index in [0.29, 0.717) is 12.5 Å². The van der Waals surface area contributed by atoms with Crippen molar-refractivity contribution in [2.45, 2.75) is 46.2 Å². The molecule has 2 aromatic rings. The van der Waals surface area contributed by atoms with E-state index in [9.17, 15) is 9.18 Å². The Morgan fingerprint density at radius 2 is 1.76 bits per heavy atom. The van der Waals surface area contributed by atoms with Crippen LogP contribution in [0.5, 0.6) is 0 Å². The van der Waals surface area contributed by atoms with Crippen LogP contribution in [0.1, 0.15) is 43.8 Å². The van der Waals surface area contributed by atoms with Gasteiger partial charge in [-0.3, -0.25) is 9.69 Å². The molecule has 1 atom stereocenters. The van der Waals surface area contributed by atoms with Crippen molar-refractivity contribution >= 4 is 11.7 Å².